The first-order chi connectivity index (χ1) is 6.65. The summed E-state index contributed by atoms with van der Waals surface area (Å²) in [6, 6.07) is 8.53. The second-order valence-corrected chi connectivity index (χ2v) is 4.55. The van der Waals surface area contributed by atoms with Crippen LogP contribution in [-0.4, -0.2) is 0 Å². The van der Waals surface area contributed by atoms with E-state index >= 15 is 0 Å². The molecule has 0 radical (unpaired) electrons. The fourth-order valence-electron chi connectivity index (χ4n) is 1.68. The zero-order valence-electron chi connectivity index (χ0n) is 9.26. The lowest BCUT2D eigenvalue weighted by Crippen LogP contribution is -2.03. The molecule has 14 heavy (non-hydrogen) atoms. The Morgan fingerprint density at radius 1 is 1.21 bits per heavy atom. The summed E-state index contributed by atoms with van der Waals surface area (Å²) in [6.07, 6.45) is 2.40. The van der Waals surface area contributed by atoms with Gasteiger partial charge in [0.2, 0.25) is 0 Å². The van der Waals surface area contributed by atoms with Gasteiger partial charge in [-0.3, -0.25) is 0 Å². The number of hydrogen-bond acceptors (Lipinski definition) is 0. The van der Waals surface area contributed by atoms with Gasteiger partial charge in [-0.2, -0.15) is 0 Å². The van der Waals surface area contributed by atoms with E-state index in [0.717, 1.165) is 0 Å². The van der Waals surface area contributed by atoms with Crippen LogP contribution in [0.15, 0.2) is 24.3 Å². The Labute approximate surface area is 92.3 Å². The molecule has 0 heterocycles. The van der Waals surface area contributed by atoms with Crippen LogP contribution < -0.4 is 0 Å². The minimum Gasteiger partial charge on any atom is -0.118 e. The van der Waals surface area contributed by atoms with E-state index in [0.29, 0.717) is 5.92 Å². The van der Waals surface area contributed by atoms with Crippen molar-refractivity contribution in [2.75, 3.05) is 0 Å². The molecule has 0 N–H and O–H groups in total. The number of alkyl halides is 1. The highest BCUT2D eigenvalue weighted by Gasteiger charge is 2.15. The third-order valence-corrected chi connectivity index (χ3v) is 3.32. The van der Waals surface area contributed by atoms with Gasteiger partial charge in [0.25, 0.3) is 0 Å². The Kier molecular flexibility index (Phi) is 4.47. The molecule has 0 aliphatic carbocycles. The van der Waals surface area contributed by atoms with E-state index in [1.54, 1.807) is 0 Å². The van der Waals surface area contributed by atoms with Crippen molar-refractivity contribution in [1.82, 2.24) is 0 Å². The molecule has 0 amide bonds. The molecule has 78 valence electrons. The van der Waals surface area contributed by atoms with Crippen molar-refractivity contribution < 1.29 is 0 Å². The minimum absolute atomic E-state index is 0.163. The fraction of sp³-hybridized carbons (Fsp3) is 0.538. The van der Waals surface area contributed by atoms with Crippen LogP contribution in [-0.2, 0) is 0 Å². The lowest BCUT2D eigenvalue weighted by molar-refractivity contribution is 0.507. The molecule has 1 rings (SSSR count). The molecule has 0 bridgehead atoms. The predicted molar refractivity (Wildman–Crippen MR) is 63.8 cm³/mol. The van der Waals surface area contributed by atoms with Gasteiger partial charge >= 0.3 is 0 Å². The van der Waals surface area contributed by atoms with E-state index in [-0.39, 0.29) is 5.38 Å². The molecule has 0 aromatic heterocycles. The Bertz CT molecular complexity index is 263. The second-order valence-electron chi connectivity index (χ2n) is 4.08. The Balaban J connectivity index is 2.68. The van der Waals surface area contributed by atoms with Crippen LogP contribution in [0.5, 0.6) is 0 Å². The Hall–Kier alpha value is -0.490. The van der Waals surface area contributed by atoms with Crippen LogP contribution in [0.4, 0.5) is 0 Å². The van der Waals surface area contributed by atoms with E-state index in [1.807, 2.05) is 0 Å². The molecular weight excluding hydrogens is 192 g/mol. The molecule has 2 unspecified atom stereocenters. The van der Waals surface area contributed by atoms with Crippen molar-refractivity contribution in [1.29, 1.82) is 0 Å². The molecule has 0 saturated carbocycles. The molecule has 1 aromatic carbocycles. The maximum atomic E-state index is 6.39. The number of aryl methyl sites for hydroxylation is 1. The normalized spacial score (nSPS) is 15.1. The molecule has 0 fully saturated rings. The highest BCUT2D eigenvalue weighted by atomic mass is 35.5. The summed E-state index contributed by atoms with van der Waals surface area (Å²) in [7, 11) is 0. The number of benzene rings is 1. The average molecular weight is 211 g/mol. The topological polar surface area (TPSA) is 0 Å². The zero-order chi connectivity index (χ0) is 10.6. The standard InChI is InChI=1S/C13H19Cl/c1-4-5-11(3)13(14)12-8-6-10(2)7-9-12/h6-9,11,13H,4-5H2,1-3H3. The van der Waals surface area contributed by atoms with E-state index in [1.165, 1.54) is 24.0 Å². The number of rotatable bonds is 4. The number of hydrogen-bond donors (Lipinski definition) is 0. The molecule has 1 heteroatoms. The highest BCUT2D eigenvalue weighted by Crippen LogP contribution is 2.31. The summed E-state index contributed by atoms with van der Waals surface area (Å²) in [5.41, 5.74) is 2.54. The molecule has 0 spiro atoms. The van der Waals surface area contributed by atoms with E-state index < -0.39 is 0 Å². The smallest absolute Gasteiger partial charge is 0.0610 e. The molecule has 1 aromatic rings. The first-order valence-corrected chi connectivity index (χ1v) is 5.79. The van der Waals surface area contributed by atoms with Crippen LogP contribution >= 0.6 is 11.6 Å². The van der Waals surface area contributed by atoms with Gasteiger partial charge in [-0.05, 0) is 24.8 Å². The molecule has 0 nitrogen and oxygen atoms in total. The van der Waals surface area contributed by atoms with Crippen LogP contribution in [0, 0.1) is 12.8 Å². The van der Waals surface area contributed by atoms with Crippen molar-refractivity contribution in [2.45, 2.75) is 39.0 Å². The molecule has 2 atom stereocenters. The molecule has 0 aliphatic rings. The zero-order valence-corrected chi connectivity index (χ0v) is 10.0. The molecular formula is C13H19Cl. The Morgan fingerprint density at radius 3 is 2.29 bits per heavy atom. The summed E-state index contributed by atoms with van der Waals surface area (Å²) >= 11 is 6.39. The van der Waals surface area contributed by atoms with Gasteiger partial charge < -0.3 is 0 Å². The van der Waals surface area contributed by atoms with Crippen LogP contribution in [0.2, 0.25) is 0 Å². The lowest BCUT2D eigenvalue weighted by atomic mass is 9.96. The molecule has 0 saturated heterocycles. The lowest BCUT2D eigenvalue weighted by Gasteiger charge is -2.17. The van der Waals surface area contributed by atoms with E-state index in [4.69, 9.17) is 11.6 Å². The summed E-state index contributed by atoms with van der Waals surface area (Å²) in [4.78, 5) is 0. The van der Waals surface area contributed by atoms with Gasteiger partial charge in [-0.1, -0.05) is 50.1 Å². The van der Waals surface area contributed by atoms with Crippen molar-refractivity contribution >= 4 is 11.6 Å². The quantitative estimate of drug-likeness (QED) is 0.632. The van der Waals surface area contributed by atoms with Crippen LogP contribution in [0.1, 0.15) is 43.2 Å². The Morgan fingerprint density at radius 2 is 1.79 bits per heavy atom. The largest absolute Gasteiger partial charge is 0.118 e. The third-order valence-electron chi connectivity index (χ3n) is 2.64. The van der Waals surface area contributed by atoms with Crippen LogP contribution in [0.25, 0.3) is 0 Å². The molecule has 0 aliphatic heterocycles. The first kappa shape index (κ1) is 11.6. The van der Waals surface area contributed by atoms with Crippen molar-refractivity contribution in [2.24, 2.45) is 5.92 Å². The minimum atomic E-state index is 0.163. The highest BCUT2D eigenvalue weighted by molar-refractivity contribution is 6.20. The fourth-order valence-corrected chi connectivity index (χ4v) is 1.95. The van der Waals surface area contributed by atoms with Gasteiger partial charge in [0.05, 0.1) is 5.38 Å². The van der Waals surface area contributed by atoms with Crippen molar-refractivity contribution in [3.8, 4) is 0 Å². The van der Waals surface area contributed by atoms with Gasteiger partial charge in [0.15, 0.2) is 0 Å². The third kappa shape index (κ3) is 3.02. The summed E-state index contributed by atoms with van der Waals surface area (Å²) in [5, 5.41) is 0.163. The van der Waals surface area contributed by atoms with Gasteiger partial charge in [-0.15, -0.1) is 11.6 Å². The summed E-state index contributed by atoms with van der Waals surface area (Å²) in [5.74, 6) is 0.560. The van der Waals surface area contributed by atoms with E-state index in [9.17, 15) is 0 Å². The maximum absolute atomic E-state index is 6.39. The first-order valence-electron chi connectivity index (χ1n) is 5.35. The average Bonchev–Trinajstić information content (AvgIpc) is 2.18. The van der Waals surface area contributed by atoms with Gasteiger partial charge in [-0.25, -0.2) is 0 Å². The van der Waals surface area contributed by atoms with Crippen molar-refractivity contribution in [3.63, 3.8) is 0 Å². The monoisotopic (exact) mass is 210 g/mol. The second kappa shape index (κ2) is 5.41. The summed E-state index contributed by atoms with van der Waals surface area (Å²) in [6.45, 7) is 6.53. The van der Waals surface area contributed by atoms with Gasteiger partial charge in [0, 0.05) is 0 Å². The van der Waals surface area contributed by atoms with Crippen molar-refractivity contribution in [3.05, 3.63) is 35.4 Å². The number of halogens is 1. The van der Waals surface area contributed by atoms with Gasteiger partial charge in [0.1, 0.15) is 0 Å². The SMILES string of the molecule is CCCC(C)C(Cl)c1ccc(C)cc1. The predicted octanol–water partition coefficient (Wildman–Crippen LogP) is 4.71. The van der Waals surface area contributed by atoms with Crippen LogP contribution in [0.3, 0.4) is 0 Å². The van der Waals surface area contributed by atoms with E-state index in [2.05, 4.69) is 45.0 Å². The maximum Gasteiger partial charge on any atom is 0.0610 e. The summed E-state index contributed by atoms with van der Waals surface area (Å²) < 4.78 is 0.